The molecule has 122 valence electrons. The summed E-state index contributed by atoms with van der Waals surface area (Å²) in [5, 5.41) is 4.03. The Morgan fingerprint density at radius 2 is 1.75 bits per heavy atom. The Kier molecular flexibility index (Phi) is 4.61. The van der Waals surface area contributed by atoms with Gasteiger partial charge in [-0.3, -0.25) is 9.48 Å². The number of hydrogen-bond donors (Lipinski definition) is 0. The van der Waals surface area contributed by atoms with E-state index >= 15 is 0 Å². The van der Waals surface area contributed by atoms with Gasteiger partial charge in [0.2, 0.25) is 0 Å². The summed E-state index contributed by atoms with van der Waals surface area (Å²) in [4.78, 5) is 14.0. The second kappa shape index (κ2) is 7.00. The number of carbonyl (C=O) groups excluding carboxylic acids is 1. The van der Waals surface area contributed by atoms with Crippen molar-refractivity contribution in [3.63, 3.8) is 0 Å². The maximum Gasteiger partial charge on any atom is 0.257 e. The van der Waals surface area contributed by atoms with Crippen LogP contribution in [-0.4, -0.2) is 27.6 Å². The van der Waals surface area contributed by atoms with Crippen LogP contribution in [0.2, 0.25) is 0 Å². The van der Waals surface area contributed by atoms with Crippen LogP contribution in [0.3, 0.4) is 0 Å². The van der Waals surface area contributed by atoms with Crippen molar-refractivity contribution in [1.82, 2.24) is 14.7 Å². The fourth-order valence-electron chi connectivity index (χ4n) is 2.39. The molecule has 0 saturated heterocycles. The molecule has 0 aliphatic carbocycles. The molecule has 1 amide bonds. The molecule has 0 saturated carbocycles. The fourth-order valence-corrected chi connectivity index (χ4v) is 2.39. The van der Waals surface area contributed by atoms with Crippen molar-refractivity contribution < 1.29 is 9.53 Å². The monoisotopic (exact) mass is 321 g/mol. The van der Waals surface area contributed by atoms with Crippen LogP contribution in [0, 0.1) is 0 Å². The van der Waals surface area contributed by atoms with Gasteiger partial charge in [0.25, 0.3) is 5.91 Å². The first kappa shape index (κ1) is 15.8. The fraction of sp³-hybridized carbons (Fsp3) is 0.158. The molecule has 5 nitrogen and oxygen atoms in total. The average Bonchev–Trinajstić information content (AvgIpc) is 3.03. The molecule has 3 aromatic rings. The largest absolute Gasteiger partial charge is 0.457 e. The van der Waals surface area contributed by atoms with Crippen LogP contribution in [0.5, 0.6) is 11.5 Å². The number of aryl methyl sites for hydroxylation is 1. The van der Waals surface area contributed by atoms with Crippen molar-refractivity contribution in [2.75, 3.05) is 7.05 Å². The zero-order chi connectivity index (χ0) is 16.9. The lowest BCUT2D eigenvalue weighted by Crippen LogP contribution is -2.25. The average molecular weight is 321 g/mol. The summed E-state index contributed by atoms with van der Waals surface area (Å²) >= 11 is 0. The van der Waals surface area contributed by atoms with Gasteiger partial charge in [0.05, 0.1) is 11.8 Å². The lowest BCUT2D eigenvalue weighted by Gasteiger charge is -2.16. The van der Waals surface area contributed by atoms with Crippen molar-refractivity contribution in [2.45, 2.75) is 6.54 Å². The van der Waals surface area contributed by atoms with Gasteiger partial charge in [0.1, 0.15) is 11.5 Å². The molecule has 5 heteroatoms. The van der Waals surface area contributed by atoms with Crippen LogP contribution in [-0.2, 0) is 13.6 Å². The molecule has 0 unspecified atom stereocenters. The lowest BCUT2D eigenvalue weighted by atomic mass is 10.2. The third-order valence-electron chi connectivity index (χ3n) is 3.62. The maximum atomic E-state index is 12.3. The molecule has 0 atom stereocenters. The molecule has 0 fully saturated rings. The number of ether oxygens (including phenoxy) is 1. The van der Waals surface area contributed by atoms with Crippen LogP contribution < -0.4 is 4.74 Å². The Morgan fingerprint density at radius 3 is 2.38 bits per heavy atom. The molecule has 1 aromatic heterocycles. The van der Waals surface area contributed by atoms with Gasteiger partial charge in [-0.25, -0.2) is 0 Å². The maximum absolute atomic E-state index is 12.3. The summed E-state index contributed by atoms with van der Waals surface area (Å²) in [6.45, 7) is 0.527. The van der Waals surface area contributed by atoms with Crippen LogP contribution in [0.4, 0.5) is 0 Å². The van der Waals surface area contributed by atoms with Gasteiger partial charge in [-0.15, -0.1) is 0 Å². The molecule has 0 radical (unpaired) electrons. The molecule has 0 spiro atoms. The van der Waals surface area contributed by atoms with Gasteiger partial charge in [0.15, 0.2) is 0 Å². The van der Waals surface area contributed by atoms with Crippen molar-refractivity contribution in [2.24, 2.45) is 7.05 Å². The van der Waals surface area contributed by atoms with E-state index in [2.05, 4.69) is 5.10 Å². The summed E-state index contributed by atoms with van der Waals surface area (Å²) < 4.78 is 7.39. The van der Waals surface area contributed by atoms with E-state index in [1.807, 2.05) is 54.6 Å². The van der Waals surface area contributed by atoms with Gasteiger partial charge in [-0.1, -0.05) is 30.3 Å². The number of hydrogen-bond acceptors (Lipinski definition) is 3. The first-order valence-corrected chi connectivity index (χ1v) is 7.68. The molecule has 0 aliphatic heterocycles. The van der Waals surface area contributed by atoms with Gasteiger partial charge in [0, 0.05) is 26.8 Å². The molecule has 0 aliphatic rings. The van der Waals surface area contributed by atoms with E-state index in [0.717, 1.165) is 17.1 Å². The SMILES string of the molecule is CN(Cc1ccc(Oc2ccccc2)cc1)C(=O)c1cnn(C)c1. The Bertz CT molecular complexity index is 810. The standard InChI is InChI=1S/C19H19N3O2/c1-21(19(23)16-12-20-22(2)14-16)13-15-8-10-18(11-9-15)24-17-6-4-3-5-7-17/h3-12,14H,13H2,1-2H3. The van der Waals surface area contributed by atoms with Crippen LogP contribution >= 0.6 is 0 Å². The first-order chi connectivity index (χ1) is 11.6. The van der Waals surface area contributed by atoms with Crippen LogP contribution in [0.25, 0.3) is 0 Å². The highest BCUT2D eigenvalue weighted by Crippen LogP contribution is 2.21. The number of aromatic nitrogens is 2. The van der Waals surface area contributed by atoms with E-state index in [-0.39, 0.29) is 5.91 Å². The highest BCUT2D eigenvalue weighted by atomic mass is 16.5. The summed E-state index contributed by atoms with van der Waals surface area (Å²) in [5.41, 5.74) is 1.62. The number of nitrogens with zero attached hydrogens (tertiary/aromatic N) is 3. The summed E-state index contributed by atoms with van der Waals surface area (Å²) in [7, 11) is 3.58. The molecule has 24 heavy (non-hydrogen) atoms. The number of amides is 1. The molecular weight excluding hydrogens is 302 g/mol. The highest BCUT2D eigenvalue weighted by Gasteiger charge is 2.13. The van der Waals surface area contributed by atoms with Crippen LogP contribution in [0.1, 0.15) is 15.9 Å². The van der Waals surface area contributed by atoms with Crippen LogP contribution in [0.15, 0.2) is 67.0 Å². The van der Waals surface area contributed by atoms with Crippen molar-refractivity contribution in [1.29, 1.82) is 0 Å². The number of rotatable bonds is 5. The Morgan fingerprint density at radius 1 is 1.08 bits per heavy atom. The lowest BCUT2D eigenvalue weighted by molar-refractivity contribution is 0.0785. The summed E-state index contributed by atoms with van der Waals surface area (Å²) in [6.07, 6.45) is 3.30. The van der Waals surface area contributed by atoms with Crippen molar-refractivity contribution in [3.05, 3.63) is 78.1 Å². The smallest absolute Gasteiger partial charge is 0.257 e. The van der Waals surface area contributed by atoms with E-state index < -0.39 is 0 Å². The zero-order valence-electron chi connectivity index (χ0n) is 13.7. The molecule has 1 heterocycles. The Labute approximate surface area is 141 Å². The number of para-hydroxylation sites is 1. The van der Waals surface area contributed by atoms with Gasteiger partial charge < -0.3 is 9.64 Å². The summed E-state index contributed by atoms with van der Waals surface area (Å²) in [6, 6.07) is 17.4. The Hall–Kier alpha value is -3.08. The predicted octanol–water partition coefficient (Wildman–Crippen LogP) is 3.48. The molecule has 0 bridgehead atoms. The zero-order valence-corrected chi connectivity index (χ0v) is 13.7. The van der Waals surface area contributed by atoms with Gasteiger partial charge >= 0.3 is 0 Å². The number of benzene rings is 2. The molecular formula is C19H19N3O2. The normalized spacial score (nSPS) is 10.4. The molecule has 2 aromatic carbocycles. The minimum absolute atomic E-state index is 0.0484. The van der Waals surface area contributed by atoms with E-state index in [0.29, 0.717) is 12.1 Å². The van der Waals surface area contributed by atoms with E-state index in [1.54, 1.807) is 36.1 Å². The molecule has 0 N–H and O–H groups in total. The second-order valence-corrected chi connectivity index (χ2v) is 5.62. The second-order valence-electron chi connectivity index (χ2n) is 5.62. The minimum atomic E-state index is -0.0484. The topological polar surface area (TPSA) is 47.4 Å². The Balaban J connectivity index is 1.62. The van der Waals surface area contributed by atoms with Gasteiger partial charge in [-0.05, 0) is 29.8 Å². The first-order valence-electron chi connectivity index (χ1n) is 7.68. The third kappa shape index (κ3) is 3.81. The van der Waals surface area contributed by atoms with E-state index in [9.17, 15) is 4.79 Å². The number of carbonyl (C=O) groups is 1. The van der Waals surface area contributed by atoms with Crippen molar-refractivity contribution in [3.8, 4) is 11.5 Å². The quantitative estimate of drug-likeness (QED) is 0.723. The minimum Gasteiger partial charge on any atom is -0.457 e. The summed E-state index contributed by atoms with van der Waals surface area (Å²) in [5.74, 6) is 1.52. The van der Waals surface area contributed by atoms with Crippen molar-refractivity contribution >= 4 is 5.91 Å². The third-order valence-corrected chi connectivity index (χ3v) is 3.62. The highest BCUT2D eigenvalue weighted by molar-refractivity contribution is 5.93. The van der Waals surface area contributed by atoms with Gasteiger partial charge in [-0.2, -0.15) is 5.10 Å². The predicted molar refractivity (Wildman–Crippen MR) is 92.0 cm³/mol. The van der Waals surface area contributed by atoms with E-state index in [1.165, 1.54) is 0 Å². The molecule has 3 rings (SSSR count). The van der Waals surface area contributed by atoms with E-state index in [4.69, 9.17) is 4.74 Å².